The molecule has 4 aliphatic heterocycles. The summed E-state index contributed by atoms with van der Waals surface area (Å²) in [5, 5.41) is 65.8. The number of halogens is 1. The average molecular weight is 1210 g/mol. The van der Waals surface area contributed by atoms with E-state index in [1.54, 1.807) is 41.5 Å². The number of carbonyl (C=O) groups is 9. The number of aliphatic hydroxyl groups is 4. The number of aryl methyl sites for hydroxylation is 1. The zero-order valence-corrected chi connectivity index (χ0v) is 47.9. The largest absolute Gasteiger partial charge is 0.479 e. The van der Waals surface area contributed by atoms with Crippen molar-refractivity contribution in [3.8, 4) is 11.4 Å². The van der Waals surface area contributed by atoms with Gasteiger partial charge in [-0.3, -0.25) is 38.5 Å². The SMILES string of the molecule is CC[C@@]1(O)C(=O)OCc2c1cc1n(c2=O)Cc2c-1nc1cc(F)c(C)c3c1c2[C@@H](NC(=O)C(C)(C)COCNC(=O)[C@H](CO[C@@H]1O[C@H](C(=O)O)[C@@H](O)[C@H](O)[C@H]1O)NC(=O)[C@@H](NC(=O)CCNC(=O)OCC[C@H](CN)N1C(=O)C=CC1=O)C(C)C)CC3. The molecule has 6 heterocycles. The first kappa shape index (κ1) is 64.2. The maximum atomic E-state index is 15.6. The second-order valence-electron chi connectivity index (χ2n) is 22.6. The lowest BCUT2D eigenvalue weighted by Gasteiger charge is -2.38. The van der Waals surface area contributed by atoms with Crippen LogP contribution < -0.4 is 37.9 Å². The third kappa shape index (κ3) is 12.8. The zero-order valence-electron chi connectivity index (χ0n) is 47.9. The number of aliphatic carboxylic acids is 1. The van der Waals surface area contributed by atoms with Crippen molar-refractivity contribution in [1.29, 1.82) is 0 Å². The molecule has 1 fully saturated rings. The number of benzene rings is 1. The predicted molar refractivity (Wildman–Crippen MR) is 293 cm³/mol. The van der Waals surface area contributed by atoms with Crippen molar-refractivity contribution in [1.82, 2.24) is 41.0 Å². The molecule has 1 aliphatic carbocycles. The number of nitrogens with zero attached hydrogens (tertiary/aromatic N) is 3. The summed E-state index contributed by atoms with van der Waals surface area (Å²) >= 11 is 0. The van der Waals surface area contributed by atoms with Crippen molar-refractivity contribution >= 4 is 64.4 Å². The van der Waals surface area contributed by atoms with Gasteiger partial charge in [0.05, 0.1) is 66.3 Å². The zero-order chi connectivity index (χ0) is 62.9. The Bertz CT molecular complexity index is 3320. The molecule has 86 heavy (non-hydrogen) atoms. The van der Waals surface area contributed by atoms with E-state index in [0.29, 0.717) is 46.2 Å². The molecule has 1 saturated heterocycles. The number of carbonyl (C=O) groups excluding carboxylic acids is 8. The Morgan fingerprint density at radius 1 is 0.965 bits per heavy atom. The van der Waals surface area contributed by atoms with Crippen LogP contribution in [0.5, 0.6) is 0 Å². The molecule has 2 aromatic heterocycles. The predicted octanol–water partition coefficient (Wildman–Crippen LogP) is -1.96. The maximum absolute atomic E-state index is 15.6. The number of amides is 7. The Hall–Kier alpha value is -7.84. The minimum Gasteiger partial charge on any atom is -0.479 e. The van der Waals surface area contributed by atoms with E-state index in [4.69, 9.17) is 34.4 Å². The van der Waals surface area contributed by atoms with Crippen molar-refractivity contribution in [2.24, 2.45) is 17.1 Å². The lowest BCUT2D eigenvalue weighted by Crippen LogP contribution is -2.61. The molecule has 5 aliphatic rings. The van der Waals surface area contributed by atoms with Crippen LogP contribution in [0.3, 0.4) is 0 Å². The molecule has 8 rings (SSSR count). The Morgan fingerprint density at radius 2 is 1.67 bits per heavy atom. The van der Waals surface area contributed by atoms with Gasteiger partial charge in [0.25, 0.3) is 17.4 Å². The van der Waals surface area contributed by atoms with E-state index in [9.17, 15) is 73.5 Å². The number of carboxylic acids is 1. The minimum atomic E-state index is -2.10. The third-order valence-corrected chi connectivity index (χ3v) is 16.0. The number of nitrogens with two attached hydrogens (primary N) is 1. The highest BCUT2D eigenvalue weighted by Gasteiger charge is 2.49. The Labute approximate surface area is 490 Å². The summed E-state index contributed by atoms with van der Waals surface area (Å²) < 4.78 is 43.9. The number of hydrogen-bond acceptors (Lipinski definition) is 21. The van der Waals surface area contributed by atoms with Gasteiger partial charge in [-0.05, 0) is 68.7 Å². The second-order valence-corrected chi connectivity index (χ2v) is 22.6. The van der Waals surface area contributed by atoms with Gasteiger partial charge >= 0.3 is 18.0 Å². The molecule has 12 N–H and O–H groups in total. The van der Waals surface area contributed by atoms with Crippen LogP contribution in [-0.4, -0.2) is 182 Å². The molecule has 29 nitrogen and oxygen atoms in total. The van der Waals surface area contributed by atoms with E-state index in [-0.39, 0.29) is 81.1 Å². The molecule has 466 valence electrons. The van der Waals surface area contributed by atoms with E-state index in [1.807, 2.05) is 0 Å². The van der Waals surface area contributed by atoms with Crippen LogP contribution >= 0.6 is 0 Å². The van der Waals surface area contributed by atoms with Crippen molar-refractivity contribution < 1.29 is 96.8 Å². The van der Waals surface area contributed by atoms with Crippen molar-refractivity contribution in [2.45, 2.75) is 147 Å². The Balaban J connectivity index is 0.914. The van der Waals surface area contributed by atoms with E-state index < -0.39 is 150 Å². The number of cyclic esters (lactones) is 1. The number of imide groups is 1. The highest BCUT2D eigenvalue weighted by molar-refractivity contribution is 6.13. The Kier molecular flexibility index (Phi) is 19.4. The van der Waals surface area contributed by atoms with Gasteiger partial charge in [-0.2, -0.15) is 0 Å². The molecule has 1 aromatic carbocycles. The molecule has 7 amide bonds. The average Bonchev–Trinajstić information content (AvgIpc) is 1.46. The van der Waals surface area contributed by atoms with Gasteiger partial charge in [-0.1, -0.05) is 20.8 Å². The van der Waals surface area contributed by atoms with Gasteiger partial charge in [-0.25, -0.2) is 23.8 Å². The van der Waals surface area contributed by atoms with Gasteiger partial charge in [0.1, 0.15) is 49.6 Å². The summed E-state index contributed by atoms with van der Waals surface area (Å²) in [6, 6.07) is -1.70. The Morgan fingerprint density at radius 3 is 2.34 bits per heavy atom. The van der Waals surface area contributed by atoms with Crippen LogP contribution in [0.2, 0.25) is 0 Å². The van der Waals surface area contributed by atoms with Crippen LogP contribution in [0, 0.1) is 24.1 Å². The normalized spacial score (nSPS) is 23.2. The summed E-state index contributed by atoms with van der Waals surface area (Å²) in [5.41, 5.74) is 5.06. The van der Waals surface area contributed by atoms with E-state index in [2.05, 4.69) is 26.6 Å². The monoisotopic (exact) mass is 1210 g/mol. The number of alkyl carbamates (subject to hydrolysis) is 1. The van der Waals surface area contributed by atoms with E-state index >= 15 is 4.39 Å². The number of aromatic nitrogens is 2. The molecular weight excluding hydrogens is 1140 g/mol. The fraction of sp³-hybridized carbons (Fsp3) is 0.554. The number of pyridine rings is 2. The number of ether oxygens (including phenoxy) is 5. The molecule has 0 saturated carbocycles. The fourth-order valence-electron chi connectivity index (χ4n) is 11.0. The maximum Gasteiger partial charge on any atom is 0.407 e. The molecule has 0 radical (unpaired) electrons. The van der Waals surface area contributed by atoms with Crippen LogP contribution in [0.25, 0.3) is 22.3 Å². The number of fused-ring (bicyclic) bond motifs is 5. The smallest absolute Gasteiger partial charge is 0.407 e. The molecule has 10 atom stereocenters. The number of hydrogen-bond donors (Lipinski definition) is 11. The van der Waals surface area contributed by atoms with Crippen molar-refractivity contribution in [2.75, 3.05) is 39.6 Å². The highest BCUT2D eigenvalue weighted by atomic mass is 19.1. The first-order valence-electron chi connectivity index (χ1n) is 27.9. The van der Waals surface area contributed by atoms with Gasteiger partial charge in [-0.15, -0.1) is 0 Å². The van der Waals surface area contributed by atoms with E-state index in [0.717, 1.165) is 17.1 Å². The molecule has 0 unspecified atom stereocenters. The van der Waals surface area contributed by atoms with Gasteiger partial charge < -0.3 is 86.1 Å². The summed E-state index contributed by atoms with van der Waals surface area (Å²) in [5.74, 6) is -8.08. The quantitative estimate of drug-likeness (QED) is 0.0157. The highest BCUT2D eigenvalue weighted by Crippen LogP contribution is 2.46. The van der Waals surface area contributed by atoms with Crippen LogP contribution in [0.1, 0.15) is 99.7 Å². The topological polar surface area (TPSA) is 425 Å². The lowest BCUT2D eigenvalue weighted by atomic mass is 9.81. The third-order valence-electron chi connectivity index (χ3n) is 16.0. The molecule has 3 aromatic rings. The first-order chi connectivity index (χ1) is 40.6. The minimum absolute atomic E-state index is 0.00393. The van der Waals surface area contributed by atoms with Crippen molar-refractivity contribution in [3.05, 3.63) is 73.8 Å². The number of nitrogens with one attached hydrogen (secondary N) is 5. The second kappa shape index (κ2) is 26.0. The standard InChI is InChI=1S/C56H70FN9O20/c1-7-56(81)30-16-35-42-28(19-65(35)49(75)29(30)20-85-53(56)79)40-32(9-8-27-25(4)31(57)17-33(61-42)39(27)40)63-52(78)55(5,6)22-82-23-60-47(73)34(21-84-51-45(72)43(70)44(71)46(86-51)50(76)77)62-48(74)41(24(2)3)64-36(67)12-14-59-54(80)83-15-13-26(18-58)66-37(68)10-11-38(66)69/h10-11,16-17,24,26,32,34,41,43-46,51,70-72,81H,7-9,12-15,18-23,58H2,1-6H3,(H,59,80)(H,60,73)(H,62,74)(H,63,78)(H,64,67)(H,76,77)/t26-,32+,34+,41+,43+,44+,45-,46+,51-,56+/m1/s1. The van der Waals surface area contributed by atoms with Crippen LogP contribution in [0.4, 0.5) is 9.18 Å². The summed E-state index contributed by atoms with van der Waals surface area (Å²) in [6.45, 7) is 6.74. The number of rotatable bonds is 24. The van der Waals surface area contributed by atoms with Gasteiger partial charge in [0.15, 0.2) is 18.0 Å². The molecule has 0 spiro atoms. The number of carboxylic acid groups (broad SMARTS) is 1. The first-order valence-corrected chi connectivity index (χ1v) is 27.9. The van der Waals surface area contributed by atoms with Crippen LogP contribution in [-0.2, 0) is 87.2 Å². The van der Waals surface area contributed by atoms with Crippen LogP contribution in [0.15, 0.2) is 29.1 Å². The summed E-state index contributed by atoms with van der Waals surface area (Å²) in [7, 11) is 0. The van der Waals surface area contributed by atoms with Crippen molar-refractivity contribution in [3.63, 3.8) is 0 Å². The molecular formula is C56H70FN9O20. The van der Waals surface area contributed by atoms with E-state index in [1.165, 1.54) is 16.7 Å². The molecule has 0 bridgehead atoms. The number of esters is 1. The fourth-order valence-corrected chi connectivity index (χ4v) is 11.0. The number of aliphatic hydroxyl groups excluding tert-OH is 3. The lowest BCUT2D eigenvalue weighted by molar-refractivity contribution is -0.294. The molecule has 30 heteroatoms. The summed E-state index contributed by atoms with van der Waals surface area (Å²) in [4.78, 5) is 136. The van der Waals surface area contributed by atoms with Gasteiger partial charge in [0, 0.05) is 60.7 Å². The summed E-state index contributed by atoms with van der Waals surface area (Å²) in [6.07, 6.45) is -8.77. The van der Waals surface area contributed by atoms with Gasteiger partial charge in [0.2, 0.25) is 23.6 Å².